The molecule has 0 amide bonds. The van der Waals surface area contributed by atoms with Crippen molar-refractivity contribution < 1.29 is 9.47 Å². The fourth-order valence-electron chi connectivity index (χ4n) is 2.27. The number of aromatic nitrogens is 4. The van der Waals surface area contributed by atoms with Gasteiger partial charge in [-0.25, -0.2) is 4.98 Å². The van der Waals surface area contributed by atoms with Crippen LogP contribution in [0.3, 0.4) is 0 Å². The van der Waals surface area contributed by atoms with E-state index in [-0.39, 0.29) is 12.2 Å². The third kappa shape index (κ3) is 2.21. The lowest BCUT2D eigenvalue weighted by Crippen LogP contribution is -2.18. The van der Waals surface area contributed by atoms with E-state index < -0.39 is 0 Å². The number of anilines is 1. The molecule has 0 saturated carbocycles. The number of nitrogens with zero attached hydrogens (tertiary/aromatic N) is 4. The summed E-state index contributed by atoms with van der Waals surface area (Å²) in [6.45, 7) is 3.15. The molecule has 0 aromatic carbocycles. The van der Waals surface area contributed by atoms with Crippen LogP contribution in [-0.2, 0) is 4.74 Å². The van der Waals surface area contributed by atoms with Crippen LogP contribution < -0.4 is 10.5 Å². The molecule has 1 unspecified atom stereocenters. The van der Waals surface area contributed by atoms with Crippen LogP contribution in [0.15, 0.2) is 6.33 Å². The zero-order valence-electron chi connectivity index (χ0n) is 10.9. The normalized spacial score (nSPS) is 19.7. The molecule has 1 aliphatic heterocycles. The van der Waals surface area contributed by atoms with Crippen LogP contribution in [0.2, 0.25) is 0 Å². The molecule has 1 saturated heterocycles. The number of nitrogen functional groups attached to an aromatic ring is 1. The van der Waals surface area contributed by atoms with Gasteiger partial charge in [0.1, 0.15) is 6.23 Å². The molecule has 19 heavy (non-hydrogen) atoms. The summed E-state index contributed by atoms with van der Waals surface area (Å²) >= 11 is 0. The van der Waals surface area contributed by atoms with Gasteiger partial charge < -0.3 is 15.2 Å². The van der Waals surface area contributed by atoms with Gasteiger partial charge >= 0.3 is 6.01 Å². The number of imidazole rings is 1. The molecule has 1 aliphatic rings. The molecule has 2 N–H and O–H groups in total. The Morgan fingerprint density at radius 1 is 1.47 bits per heavy atom. The largest absolute Gasteiger partial charge is 0.464 e. The fraction of sp³-hybridized carbons (Fsp3) is 0.583. The van der Waals surface area contributed by atoms with Gasteiger partial charge in [0.15, 0.2) is 17.0 Å². The summed E-state index contributed by atoms with van der Waals surface area (Å²) in [5.74, 6) is 0.336. The van der Waals surface area contributed by atoms with E-state index in [1.54, 1.807) is 6.33 Å². The highest BCUT2D eigenvalue weighted by Gasteiger charge is 2.20. The molecule has 2 aromatic rings. The van der Waals surface area contributed by atoms with Gasteiger partial charge in [0.2, 0.25) is 0 Å². The quantitative estimate of drug-likeness (QED) is 0.903. The molecular weight excluding hydrogens is 246 g/mol. The zero-order chi connectivity index (χ0) is 13.2. The van der Waals surface area contributed by atoms with Gasteiger partial charge in [-0.2, -0.15) is 9.97 Å². The molecule has 3 heterocycles. The van der Waals surface area contributed by atoms with Crippen molar-refractivity contribution in [2.45, 2.75) is 32.4 Å². The smallest absolute Gasteiger partial charge is 0.320 e. The van der Waals surface area contributed by atoms with Crippen molar-refractivity contribution in [3.8, 4) is 6.01 Å². The number of hydrogen-bond acceptors (Lipinski definition) is 6. The van der Waals surface area contributed by atoms with Gasteiger partial charge in [0.25, 0.3) is 0 Å². The second-order valence-electron chi connectivity index (χ2n) is 4.47. The fourth-order valence-corrected chi connectivity index (χ4v) is 2.27. The van der Waals surface area contributed by atoms with E-state index in [1.165, 1.54) is 0 Å². The Bertz CT molecular complexity index is 577. The number of nitrogens with two attached hydrogens (primary N) is 1. The summed E-state index contributed by atoms with van der Waals surface area (Å²) in [4.78, 5) is 12.7. The van der Waals surface area contributed by atoms with E-state index >= 15 is 0 Å². The minimum Gasteiger partial charge on any atom is -0.464 e. The van der Waals surface area contributed by atoms with Crippen LogP contribution >= 0.6 is 0 Å². The van der Waals surface area contributed by atoms with Crippen LogP contribution in [0.25, 0.3) is 11.2 Å². The summed E-state index contributed by atoms with van der Waals surface area (Å²) in [5, 5.41) is 0. The molecule has 0 radical (unpaired) electrons. The van der Waals surface area contributed by atoms with Gasteiger partial charge in [-0.3, -0.25) is 4.57 Å². The van der Waals surface area contributed by atoms with Crippen molar-refractivity contribution in [2.24, 2.45) is 0 Å². The van der Waals surface area contributed by atoms with Crippen molar-refractivity contribution >= 4 is 17.0 Å². The van der Waals surface area contributed by atoms with Crippen LogP contribution in [0.5, 0.6) is 6.01 Å². The van der Waals surface area contributed by atoms with E-state index in [0.29, 0.717) is 23.6 Å². The average Bonchev–Trinajstić information content (AvgIpc) is 2.84. The summed E-state index contributed by atoms with van der Waals surface area (Å²) < 4.78 is 13.0. The molecular formula is C12H17N5O2. The first-order valence-electron chi connectivity index (χ1n) is 6.54. The second-order valence-corrected chi connectivity index (χ2v) is 4.47. The maximum atomic E-state index is 5.88. The Morgan fingerprint density at radius 2 is 2.37 bits per heavy atom. The Balaban J connectivity index is 2.04. The summed E-state index contributed by atoms with van der Waals surface area (Å²) in [7, 11) is 0. The summed E-state index contributed by atoms with van der Waals surface area (Å²) in [6.07, 6.45) is 4.89. The maximum absolute atomic E-state index is 5.88. The molecule has 7 nitrogen and oxygen atoms in total. The SMILES string of the molecule is CCOc1nc(N)c2ncn(C3CCCCO3)c2n1. The molecule has 102 valence electrons. The lowest BCUT2D eigenvalue weighted by atomic mass is 10.2. The predicted molar refractivity (Wildman–Crippen MR) is 69.7 cm³/mol. The van der Waals surface area contributed by atoms with E-state index in [4.69, 9.17) is 15.2 Å². The van der Waals surface area contributed by atoms with E-state index in [9.17, 15) is 0 Å². The van der Waals surface area contributed by atoms with Gasteiger partial charge in [0, 0.05) is 6.61 Å². The van der Waals surface area contributed by atoms with Gasteiger partial charge in [-0.05, 0) is 26.2 Å². The Kier molecular flexibility index (Phi) is 3.20. The van der Waals surface area contributed by atoms with E-state index in [2.05, 4.69) is 15.0 Å². The second kappa shape index (κ2) is 5.00. The van der Waals surface area contributed by atoms with Crippen LogP contribution in [-0.4, -0.2) is 32.7 Å². The summed E-state index contributed by atoms with van der Waals surface area (Å²) in [5.41, 5.74) is 7.15. The Morgan fingerprint density at radius 3 is 3.11 bits per heavy atom. The molecule has 1 atom stereocenters. The molecule has 7 heteroatoms. The number of rotatable bonds is 3. The van der Waals surface area contributed by atoms with Crippen molar-refractivity contribution in [1.29, 1.82) is 0 Å². The van der Waals surface area contributed by atoms with E-state index in [1.807, 2.05) is 11.5 Å². The molecule has 2 aromatic heterocycles. The van der Waals surface area contributed by atoms with Crippen molar-refractivity contribution in [3.63, 3.8) is 0 Å². The molecule has 0 spiro atoms. The summed E-state index contributed by atoms with van der Waals surface area (Å²) in [6, 6.07) is 0.282. The number of ether oxygens (including phenoxy) is 2. The highest BCUT2D eigenvalue weighted by atomic mass is 16.5. The van der Waals surface area contributed by atoms with Crippen LogP contribution in [0.4, 0.5) is 5.82 Å². The monoisotopic (exact) mass is 263 g/mol. The predicted octanol–water partition coefficient (Wildman–Crippen LogP) is 1.51. The lowest BCUT2D eigenvalue weighted by Gasteiger charge is -2.23. The third-order valence-corrected chi connectivity index (χ3v) is 3.17. The highest BCUT2D eigenvalue weighted by Crippen LogP contribution is 2.27. The van der Waals surface area contributed by atoms with Gasteiger partial charge in [-0.1, -0.05) is 0 Å². The number of hydrogen-bond donors (Lipinski definition) is 1. The van der Waals surface area contributed by atoms with E-state index in [0.717, 1.165) is 25.9 Å². The number of fused-ring (bicyclic) bond motifs is 1. The minimum atomic E-state index is -0.0254. The topological polar surface area (TPSA) is 88.1 Å². The van der Waals surface area contributed by atoms with Gasteiger partial charge in [0.05, 0.1) is 12.9 Å². The van der Waals surface area contributed by atoms with Gasteiger partial charge in [-0.15, -0.1) is 0 Å². The van der Waals surface area contributed by atoms with Crippen molar-refractivity contribution in [1.82, 2.24) is 19.5 Å². The standard InChI is InChI=1S/C12H17N5O2/c1-2-18-12-15-10(13)9-11(16-12)17(7-14-9)8-5-3-4-6-19-8/h7-8H,2-6H2,1H3,(H2,13,15,16). The first-order chi connectivity index (χ1) is 9.29. The Labute approximate surface area is 110 Å². The zero-order valence-corrected chi connectivity index (χ0v) is 10.9. The highest BCUT2D eigenvalue weighted by molar-refractivity contribution is 5.81. The lowest BCUT2D eigenvalue weighted by molar-refractivity contribution is -0.0298. The van der Waals surface area contributed by atoms with Crippen LogP contribution in [0.1, 0.15) is 32.4 Å². The molecule has 0 aliphatic carbocycles. The first-order valence-corrected chi connectivity index (χ1v) is 6.54. The third-order valence-electron chi connectivity index (χ3n) is 3.17. The Hall–Kier alpha value is -1.89. The average molecular weight is 263 g/mol. The first kappa shape index (κ1) is 12.2. The minimum absolute atomic E-state index is 0.0254. The molecule has 3 rings (SSSR count). The molecule has 1 fully saturated rings. The van der Waals surface area contributed by atoms with Crippen molar-refractivity contribution in [3.05, 3.63) is 6.33 Å². The molecule has 0 bridgehead atoms. The maximum Gasteiger partial charge on any atom is 0.320 e. The van der Waals surface area contributed by atoms with Crippen molar-refractivity contribution in [2.75, 3.05) is 18.9 Å². The van der Waals surface area contributed by atoms with Crippen LogP contribution in [0, 0.1) is 0 Å².